The molecule has 1 spiro atoms. The molecule has 1 aromatic carbocycles. The number of amides is 1. The molecule has 0 unspecified atom stereocenters. The minimum atomic E-state index is -2.04. The van der Waals surface area contributed by atoms with E-state index in [1.54, 1.807) is 12.1 Å². The number of halogens is 1. The second-order valence-electron chi connectivity index (χ2n) is 11.9. The van der Waals surface area contributed by atoms with Gasteiger partial charge in [0.15, 0.2) is 29.8 Å². The van der Waals surface area contributed by atoms with E-state index in [1.807, 2.05) is 13.1 Å². The molecule has 5 N–H and O–H groups in total. The number of carboxylic acid groups (broad SMARTS) is 2. The number of nitrogens with one attached hydrogen (secondary N) is 1. The molecule has 2 aliphatic carbocycles. The summed E-state index contributed by atoms with van der Waals surface area (Å²) < 4.78 is 23.0. The van der Waals surface area contributed by atoms with Crippen LogP contribution in [0.4, 0.5) is 0 Å². The summed E-state index contributed by atoms with van der Waals surface area (Å²) in [4.78, 5) is 62.5. The van der Waals surface area contributed by atoms with Crippen molar-refractivity contribution < 1.29 is 63.3 Å². The lowest BCUT2D eigenvalue weighted by Gasteiger charge is -2.61. The second kappa shape index (κ2) is 13.1. The number of likely N-dealkylation sites (tertiary alicyclic amines) is 1. The zero-order chi connectivity index (χ0) is 32.8. The van der Waals surface area contributed by atoms with Crippen molar-refractivity contribution in [3.8, 4) is 11.5 Å². The first-order chi connectivity index (χ1) is 21.2. The van der Waals surface area contributed by atoms with Gasteiger partial charge in [-0.05, 0) is 57.5 Å². The summed E-state index contributed by atoms with van der Waals surface area (Å²) in [7, 11) is 3.48. The number of carbonyl (C=O) groups is 5. The molecule has 1 aromatic rings. The fourth-order valence-corrected chi connectivity index (χ4v) is 7.12. The molecular formula is C30H37ClN2O13. The van der Waals surface area contributed by atoms with Gasteiger partial charge in [-0.15, -0.1) is 12.4 Å². The molecule has 5 rings (SSSR count). The van der Waals surface area contributed by atoms with E-state index in [2.05, 4.69) is 10.2 Å². The highest BCUT2D eigenvalue weighted by molar-refractivity contribution is 5.89. The molecule has 2 heterocycles. The van der Waals surface area contributed by atoms with Crippen LogP contribution in [0, 0.1) is 0 Å². The van der Waals surface area contributed by atoms with E-state index < -0.39 is 84.4 Å². The van der Waals surface area contributed by atoms with E-state index in [0.717, 1.165) is 11.1 Å². The average molecular weight is 669 g/mol. The number of carboxylic acids is 2. The van der Waals surface area contributed by atoms with Gasteiger partial charge in [0, 0.05) is 24.4 Å². The maximum atomic E-state index is 13.3. The number of benzene rings is 1. The molecule has 7 atom stereocenters. The molecule has 0 aromatic heterocycles. The van der Waals surface area contributed by atoms with Crippen LogP contribution >= 0.6 is 12.4 Å². The Labute approximate surface area is 269 Å². The van der Waals surface area contributed by atoms with Crippen LogP contribution in [0.1, 0.15) is 50.2 Å². The van der Waals surface area contributed by atoms with Crippen LogP contribution in [-0.2, 0) is 45.3 Å². The molecular weight excluding hydrogens is 632 g/mol. The van der Waals surface area contributed by atoms with E-state index in [-0.39, 0.29) is 30.6 Å². The number of hydrogen-bond donors (Lipinski definition) is 5. The van der Waals surface area contributed by atoms with Crippen LogP contribution in [0.15, 0.2) is 24.0 Å². The Kier molecular flexibility index (Phi) is 9.92. The summed E-state index contributed by atoms with van der Waals surface area (Å²) in [6, 6.07) is 2.00. The number of hydrogen-bond acceptors (Lipinski definition) is 12. The van der Waals surface area contributed by atoms with Crippen LogP contribution in [0.25, 0.3) is 0 Å². The van der Waals surface area contributed by atoms with Crippen molar-refractivity contribution in [3.05, 3.63) is 35.1 Å². The third-order valence-corrected chi connectivity index (χ3v) is 9.33. The quantitative estimate of drug-likeness (QED) is 0.186. The number of esters is 2. The Balaban J connectivity index is 0.00000480. The number of methoxy groups -OCH3 is 1. The van der Waals surface area contributed by atoms with Crippen molar-refractivity contribution in [3.63, 3.8) is 0 Å². The number of nitrogens with zero attached hydrogens (tertiary/aromatic N) is 1. The van der Waals surface area contributed by atoms with E-state index in [1.165, 1.54) is 14.0 Å². The lowest BCUT2D eigenvalue weighted by Crippen LogP contribution is -2.74. The van der Waals surface area contributed by atoms with Gasteiger partial charge in [0.1, 0.15) is 11.8 Å². The van der Waals surface area contributed by atoms with Crippen LogP contribution in [0.5, 0.6) is 11.5 Å². The van der Waals surface area contributed by atoms with Crippen LogP contribution in [-0.4, -0.2) is 112 Å². The Bertz CT molecular complexity index is 1470. The fraction of sp³-hybridized carbons (Fsp3) is 0.567. The molecule has 15 nitrogen and oxygen atoms in total. The molecule has 1 amide bonds. The molecule has 1 fully saturated rings. The molecule has 2 aliphatic heterocycles. The van der Waals surface area contributed by atoms with E-state index in [4.69, 9.17) is 29.2 Å². The third-order valence-electron chi connectivity index (χ3n) is 9.33. The van der Waals surface area contributed by atoms with Gasteiger partial charge in [-0.3, -0.25) is 9.59 Å². The second-order valence-corrected chi connectivity index (χ2v) is 11.9. The van der Waals surface area contributed by atoms with Crippen molar-refractivity contribution in [2.45, 2.75) is 86.9 Å². The van der Waals surface area contributed by atoms with E-state index >= 15 is 0 Å². The predicted molar refractivity (Wildman–Crippen MR) is 157 cm³/mol. The predicted octanol–water partition coefficient (Wildman–Crippen LogP) is 0.0548. The van der Waals surface area contributed by atoms with Crippen LogP contribution < -0.4 is 14.8 Å². The van der Waals surface area contributed by atoms with Gasteiger partial charge in [0.2, 0.25) is 5.91 Å². The average Bonchev–Trinajstić information content (AvgIpc) is 3.34. The lowest BCUT2D eigenvalue weighted by molar-refractivity contribution is -0.176. The number of piperidine rings is 1. The number of carbonyl (C=O) groups excluding carboxylic acids is 3. The van der Waals surface area contributed by atoms with E-state index in [0.29, 0.717) is 30.9 Å². The smallest absolute Gasteiger partial charge is 0.352 e. The van der Waals surface area contributed by atoms with E-state index in [9.17, 15) is 34.2 Å². The van der Waals surface area contributed by atoms with Gasteiger partial charge in [0.05, 0.1) is 24.5 Å². The largest absolute Gasteiger partial charge is 0.493 e. The Hall–Kier alpha value is -3.92. The third kappa shape index (κ3) is 5.76. The molecule has 4 aliphatic rings. The highest BCUT2D eigenvalue weighted by Gasteiger charge is 2.72. The maximum Gasteiger partial charge on any atom is 0.352 e. The number of aliphatic hydroxyl groups is 2. The fourth-order valence-electron chi connectivity index (χ4n) is 7.12. The standard InChI is InChI=1S/C30H36N2O13.ClH/c1-14(43-28(40)16(5-7-22(35)36)31-21(34)13-17(33)26(37)38)27(39)44-19-8-9-30(41)20-12-15-4-6-18(42-3)24-23(15)29(30,25(19)45-24)10-11-32(20)2;/h4,6,8,14,16-17,20,25,33,41H,5,7,9-13H2,1-3H3,(H,31,34)(H,35,36)(H,37,38);1H/t14-,16-,17-,20+,25-,29-,30+;/m0./s1. The molecule has 252 valence electrons. The first-order valence-electron chi connectivity index (χ1n) is 14.6. The number of ether oxygens (including phenoxy) is 4. The number of likely N-dealkylation sites (N-methyl/N-ethyl adjacent to an activating group) is 1. The summed E-state index contributed by atoms with van der Waals surface area (Å²) in [6.07, 6.45) is -3.43. The maximum absolute atomic E-state index is 13.3. The van der Waals surface area contributed by atoms with Gasteiger partial charge in [0.25, 0.3) is 0 Å². The number of rotatable bonds is 12. The van der Waals surface area contributed by atoms with Crippen molar-refractivity contribution in [1.82, 2.24) is 10.2 Å². The van der Waals surface area contributed by atoms with Crippen molar-refractivity contribution in [2.24, 2.45) is 0 Å². The Morgan fingerprint density at radius 3 is 2.54 bits per heavy atom. The minimum absolute atomic E-state index is 0. The van der Waals surface area contributed by atoms with Gasteiger partial charge in [-0.1, -0.05) is 6.07 Å². The first-order valence-corrected chi connectivity index (χ1v) is 14.6. The zero-order valence-electron chi connectivity index (χ0n) is 25.4. The van der Waals surface area contributed by atoms with Gasteiger partial charge < -0.3 is 49.6 Å². The molecule has 46 heavy (non-hydrogen) atoms. The van der Waals surface area contributed by atoms with Crippen LogP contribution in [0.2, 0.25) is 0 Å². The number of aliphatic carboxylic acids is 2. The zero-order valence-corrected chi connectivity index (χ0v) is 26.2. The molecule has 1 saturated heterocycles. The summed E-state index contributed by atoms with van der Waals surface area (Å²) >= 11 is 0. The SMILES string of the molecule is COc1ccc2c3c1O[C@H]1C(OC(=O)[C@H](C)OC(=O)[C@H](CCC(=O)O)NC(=O)C[C@H](O)C(=O)O)=CC[C@@]4(O)[C@@H](C2)N(C)CC[C@]314.Cl. The minimum Gasteiger partial charge on any atom is -0.493 e. The summed E-state index contributed by atoms with van der Waals surface area (Å²) in [5.41, 5.74) is -0.314. The highest BCUT2D eigenvalue weighted by Crippen LogP contribution is 2.65. The van der Waals surface area contributed by atoms with Gasteiger partial charge >= 0.3 is 23.9 Å². The molecule has 0 saturated carbocycles. The lowest BCUT2D eigenvalue weighted by atomic mass is 9.50. The Morgan fingerprint density at radius 1 is 1.17 bits per heavy atom. The van der Waals surface area contributed by atoms with Gasteiger partial charge in [-0.25, -0.2) is 14.4 Å². The molecule has 0 radical (unpaired) electrons. The topological polar surface area (TPSA) is 218 Å². The van der Waals surface area contributed by atoms with Crippen molar-refractivity contribution in [2.75, 3.05) is 20.7 Å². The summed E-state index contributed by atoms with van der Waals surface area (Å²) in [5, 5.41) is 41.8. The van der Waals surface area contributed by atoms with Crippen LogP contribution in [0.3, 0.4) is 0 Å². The first kappa shape index (κ1) is 34.9. The Morgan fingerprint density at radius 2 is 1.89 bits per heavy atom. The number of aliphatic hydroxyl groups excluding tert-OH is 1. The molecule has 2 bridgehead atoms. The summed E-state index contributed by atoms with van der Waals surface area (Å²) in [6.45, 7) is 1.89. The van der Waals surface area contributed by atoms with Gasteiger partial charge in [-0.2, -0.15) is 0 Å². The monoisotopic (exact) mass is 668 g/mol. The van der Waals surface area contributed by atoms with Crippen molar-refractivity contribution in [1.29, 1.82) is 0 Å². The normalized spacial score (nSPS) is 27.3. The summed E-state index contributed by atoms with van der Waals surface area (Å²) in [5.74, 6) is -5.01. The van der Waals surface area contributed by atoms with Crippen molar-refractivity contribution >= 4 is 42.2 Å². The molecule has 16 heteroatoms. The highest BCUT2D eigenvalue weighted by atomic mass is 35.5.